The molecule has 0 saturated carbocycles. The average Bonchev–Trinajstić information content (AvgIpc) is 3.08. The minimum atomic E-state index is -0.563. The summed E-state index contributed by atoms with van der Waals surface area (Å²) in [4.78, 5) is 14.2. The fourth-order valence-corrected chi connectivity index (χ4v) is 2.82. The van der Waals surface area contributed by atoms with E-state index in [9.17, 15) is 4.79 Å². The molecule has 1 amide bonds. The van der Waals surface area contributed by atoms with Crippen molar-refractivity contribution in [3.63, 3.8) is 0 Å². The lowest BCUT2D eigenvalue weighted by Crippen LogP contribution is -2.37. The molecule has 0 radical (unpaired) electrons. The molecule has 1 aromatic heterocycles. The molecule has 3 N–H and O–H groups in total. The molecule has 7 heteroatoms. The molecule has 1 aromatic carbocycles. The van der Waals surface area contributed by atoms with E-state index in [0.717, 1.165) is 16.8 Å². The van der Waals surface area contributed by atoms with Crippen LogP contribution in [0.5, 0.6) is 0 Å². The number of carbonyl (C=O) groups is 1. The Morgan fingerprint density at radius 2 is 2.08 bits per heavy atom. The lowest BCUT2D eigenvalue weighted by Gasteiger charge is -2.28. The first-order chi connectivity index (χ1) is 11.8. The Balaban J connectivity index is 1.71. The molecule has 1 unspecified atom stereocenters. The number of hydrogen-bond acceptors (Lipinski definition) is 5. The average molecular weight is 344 g/mol. The highest BCUT2D eigenvalue weighted by Crippen LogP contribution is 2.36. The molecule has 0 spiro atoms. The molecule has 2 heterocycles. The number of nitrogens with zero attached hydrogens (tertiary/aromatic N) is 2. The Morgan fingerprint density at radius 3 is 2.76 bits per heavy atom. The molecule has 134 valence electrons. The molecule has 1 aliphatic heterocycles. The quantitative estimate of drug-likeness (QED) is 0.889. The number of rotatable bonds is 4. The van der Waals surface area contributed by atoms with Crippen LogP contribution >= 0.6 is 0 Å². The number of nitrogen functional groups attached to an aromatic ring is 1. The topological polar surface area (TPSA) is 93.5 Å². The summed E-state index contributed by atoms with van der Waals surface area (Å²) in [5, 5.41) is 6.97. The van der Waals surface area contributed by atoms with Crippen molar-refractivity contribution in [1.29, 1.82) is 0 Å². The van der Waals surface area contributed by atoms with Crippen LogP contribution in [0.1, 0.15) is 43.6 Å². The van der Waals surface area contributed by atoms with E-state index in [0.29, 0.717) is 25.6 Å². The standard InChI is InChI=1S/C18H24N4O3/c1-18(2,3)25-17(23)22-9-13-15(20-21-16(13)19)14(22)11-24-10-12-7-5-4-6-8-12/h4-8,14H,9-11H2,1-3H3,(H3,19,20,21). The molecule has 25 heavy (non-hydrogen) atoms. The Hall–Kier alpha value is -2.54. The number of aromatic amines is 1. The van der Waals surface area contributed by atoms with Gasteiger partial charge in [-0.05, 0) is 26.3 Å². The van der Waals surface area contributed by atoms with Gasteiger partial charge >= 0.3 is 6.09 Å². The predicted molar refractivity (Wildman–Crippen MR) is 93.6 cm³/mol. The molecule has 0 aliphatic carbocycles. The van der Waals surface area contributed by atoms with Crippen LogP contribution in [0.4, 0.5) is 10.6 Å². The van der Waals surface area contributed by atoms with Crippen LogP contribution < -0.4 is 5.73 Å². The van der Waals surface area contributed by atoms with Crippen LogP contribution in [-0.2, 0) is 22.6 Å². The Kier molecular flexibility index (Phi) is 4.67. The van der Waals surface area contributed by atoms with Crippen molar-refractivity contribution in [2.24, 2.45) is 0 Å². The molecule has 7 nitrogen and oxygen atoms in total. The highest BCUT2D eigenvalue weighted by atomic mass is 16.6. The number of ether oxygens (including phenoxy) is 2. The zero-order valence-electron chi connectivity index (χ0n) is 14.8. The van der Waals surface area contributed by atoms with Gasteiger partial charge in [-0.15, -0.1) is 0 Å². The zero-order valence-corrected chi connectivity index (χ0v) is 14.8. The maximum atomic E-state index is 12.6. The molecular formula is C18H24N4O3. The van der Waals surface area contributed by atoms with Crippen molar-refractivity contribution >= 4 is 11.9 Å². The highest BCUT2D eigenvalue weighted by Gasteiger charge is 2.39. The third-order valence-corrected chi connectivity index (χ3v) is 3.98. The van der Waals surface area contributed by atoms with Crippen LogP contribution in [0.2, 0.25) is 0 Å². The smallest absolute Gasteiger partial charge is 0.411 e. The maximum absolute atomic E-state index is 12.6. The van der Waals surface area contributed by atoms with Gasteiger partial charge in [-0.3, -0.25) is 10.00 Å². The summed E-state index contributed by atoms with van der Waals surface area (Å²) in [5.74, 6) is 0.411. The second-order valence-electron chi connectivity index (χ2n) is 7.13. The number of nitrogens with two attached hydrogens (primary N) is 1. The summed E-state index contributed by atoms with van der Waals surface area (Å²) in [7, 11) is 0. The normalized spacial score (nSPS) is 16.8. The summed E-state index contributed by atoms with van der Waals surface area (Å²) >= 11 is 0. The molecule has 0 bridgehead atoms. The predicted octanol–water partition coefficient (Wildman–Crippen LogP) is 3.00. The van der Waals surface area contributed by atoms with Crippen molar-refractivity contribution in [2.75, 3.05) is 12.3 Å². The first-order valence-electron chi connectivity index (χ1n) is 8.29. The van der Waals surface area contributed by atoms with E-state index in [1.165, 1.54) is 0 Å². The molecule has 0 fully saturated rings. The van der Waals surface area contributed by atoms with Gasteiger partial charge in [0.25, 0.3) is 0 Å². The van der Waals surface area contributed by atoms with Gasteiger partial charge in [-0.1, -0.05) is 30.3 Å². The van der Waals surface area contributed by atoms with Gasteiger partial charge in [0.05, 0.1) is 25.5 Å². The molecule has 3 rings (SSSR count). The zero-order chi connectivity index (χ0) is 18.0. The Morgan fingerprint density at radius 1 is 1.36 bits per heavy atom. The van der Waals surface area contributed by atoms with Gasteiger partial charge in [-0.2, -0.15) is 5.10 Å². The van der Waals surface area contributed by atoms with Gasteiger partial charge < -0.3 is 15.2 Å². The Bertz CT molecular complexity index is 737. The maximum Gasteiger partial charge on any atom is 0.411 e. The third kappa shape index (κ3) is 3.93. The number of benzene rings is 1. The van der Waals surface area contributed by atoms with Gasteiger partial charge in [0.2, 0.25) is 0 Å². The van der Waals surface area contributed by atoms with E-state index >= 15 is 0 Å². The van der Waals surface area contributed by atoms with Gasteiger partial charge in [0.15, 0.2) is 5.82 Å². The third-order valence-electron chi connectivity index (χ3n) is 3.98. The van der Waals surface area contributed by atoms with E-state index in [4.69, 9.17) is 15.2 Å². The summed E-state index contributed by atoms with van der Waals surface area (Å²) < 4.78 is 11.4. The Labute approximate surface area is 147 Å². The van der Waals surface area contributed by atoms with Crippen molar-refractivity contribution in [3.05, 3.63) is 47.2 Å². The molecule has 1 atom stereocenters. The number of anilines is 1. The van der Waals surface area contributed by atoms with Gasteiger partial charge in [-0.25, -0.2) is 4.79 Å². The summed E-state index contributed by atoms with van der Waals surface area (Å²) in [5.41, 5.74) is 8.06. The number of carbonyl (C=O) groups excluding carboxylic acids is 1. The molecular weight excluding hydrogens is 320 g/mol. The number of amides is 1. The molecule has 1 aliphatic rings. The minimum Gasteiger partial charge on any atom is -0.444 e. The van der Waals surface area contributed by atoms with Crippen molar-refractivity contribution < 1.29 is 14.3 Å². The molecule has 0 saturated heterocycles. The van der Waals surface area contributed by atoms with Gasteiger partial charge in [0.1, 0.15) is 11.6 Å². The van der Waals surface area contributed by atoms with E-state index in [2.05, 4.69) is 10.2 Å². The minimum absolute atomic E-state index is 0.293. The van der Waals surface area contributed by atoms with E-state index in [-0.39, 0.29) is 12.1 Å². The lowest BCUT2D eigenvalue weighted by atomic mass is 10.2. The van der Waals surface area contributed by atoms with Crippen molar-refractivity contribution in [3.8, 4) is 0 Å². The summed E-state index contributed by atoms with van der Waals surface area (Å²) in [6.07, 6.45) is -0.384. The number of aromatic nitrogens is 2. The first-order valence-corrected chi connectivity index (χ1v) is 8.29. The fourth-order valence-electron chi connectivity index (χ4n) is 2.82. The van der Waals surface area contributed by atoms with Crippen LogP contribution in [0.25, 0.3) is 0 Å². The van der Waals surface area contributed by atoms with Gasteiger partial charge in [0, 0.05) is 5.56 Å². The van der Waals surface area contributed by atoms with E-state index < -0.39 is 5.60 Å². The molecule has 2 aromatic rings. The fraction of sp³-hybridized carbons (Fsp3) is 0.444. The first kappa shape index (κ1) is 17.3. The van der Waals surface area contributed by atoms with E-state index in [1.807, 2.05) is 51.1 Å². The SMILES string of the molecule is CC(C)(C)OC(=O)N1Cc2c(N)n[nH]c2C1COCc1ccccc1. The van der Waals surface area contributed by atoms with E-state index in [1.54, 1.807) is 4.90 Å². The number of fused-ring (bicyclic) bond motifs is 1. The highest BCUT2D eigenvalue weighted by molar-refractivity contribution is 5.71. The van der Waals surface area contributed by atoms with Crippen LogP contribution in [0.3, 0.4) is 0 Å². The van der Waals surface area contributed by atoms with Crippen molar-refractivity contribution in [2.45, 2.75) is 45.6 Å². The summed E-state index contributed by atoms with van der Waals surface area (Å²) in [6.45, 7) is 6.71. The lowest BCUT2D eigenvalue weighted by molar-refractivity contribution is 0.000502. The van der Waals surface area contributed by atoms with Crippen LogP contribution in [-0.4, -0.2) is 33.4 Å². The number of H-pyrrole nitrogens is 1. The monoisotopic (exact) mass is 344 g/mol. The van der Waals surface area contributed by atoms with Crippen molar-refractivity contribution in [1.82, 2.24) is 15.1 Å². The van der Waals surface area contributed by atoms with Crippen LogP contribution in [0, 0.1) is 0 Å². The van der Waals surface area contributed by atoms with Crippen LogP contribution in [0.15, 0.2) is 30.3 Å². The number of hydrogen-bond donors (Lipinski definition) is 2. The second kappa shape index (κ2) is 6.76. The second-order valence-corrected chi connectivity index (χ2v) is 7.13. The number of nitrogens with one attached hydrogen (secondary N) is 1. The summed E-state index contributed by atoms with van der Waals surface area (Å²) in [6, 6.07) is 9.60. The largest absolute Gasteiger partial charge is 0.444 e.